The van der Waals surface area contributed by atoms with Crippen molar-refractivity contribution in [3.63, 3.8) is 0 Å². The molecule has 0 saturated heterocycles. The Balaban J connectivity index is 1.63. The van der Waals surface area contributed by atoms with Gasteiger partial charge in [0.2, 0.25) is 11.8 Å². The van der Waals surface area contributed by atoms with Gasteiger partial charge in [-0.1, -0.05) is 24.3 Å². The quantitative estimate of drug-likeness (QED) is 0.778. The summed E-state index contributed by atoms with van der Waals surface area (Å²) in [7, 11) is 0. The predicted octanol–water partition coefficient (Wildman–Crippen LogP) is 2.98. The van der Waals surface area contributed by atoms with Crippen LogP contribution in [0.25, 0.3) is 11.5 Å². The van der Waals surface area contributed by atoms with Crippen molar-refractivity contribution in [2.75, 3.05) is 0 Å². The number of hydrogen-bond donors (Lipinski definition) is 1. The summed E-state index contributed by atoms with van der Waals surface area (Å²) >= 11 is 0. The van der Waals surface area contributed by atoms with E-state index in [9.17, 15) is 0 Å². The molecule has 0 fully saturated rings. The molecule has 0 amide bonds. The predicted molar refractivity (Wildman–Crippen MR) is 79.2 cm³/mol. The van der Waals surface area contributed by atoms with Gasteiger partial charge in [-0.3, -0.25) is 4.98 Å². The third-order valence-corrected chi connectivity index (χ3v) is 3.18. The molecule has 3 aromatic rings. The minimum Gasteiger partial charge on any atom is -0.419 e. The van der Waals surface area contributed by atoms with Gasteiger partial charge in [0.15, 0.2) is 0 Å². The molecular weight excluding hydrogens is 264 g/mol. The number of rotatable bonds is 5. The van der Waals surface area contributed by atoms with Gasteiger partial charge in [0.05, 0.1) is 12.2 Å². The van der Waals surface area contributed by atoms with Crippen LogP contribution < -0.4 is 5.32 Å². The van der Waals surface area contributed by atoms with Crippen molar-refractivity contribution in [3.05, 3.63) is 66.3 Å². The molecule has 1 aromatic carbocycles. The van der Waals surface area contributed by atoms with Crippen LogP contribution in [-0.4, -0.2) is 15.2 Å². The van der Waals surface area contributed by atoms with Crippen molar-refractivity contribution in [1.82, 2.24) is 20.5 Å². The smallest absolute Gasteiger partial charge is 0.247 e. The maximum absolute atomic E-state index is 5.65. The lowest BCUT2D eigenvalue weighted by molar-refractivity contribution is 0.451. The Morgan fingerprint density at radius 1 is 1.05 bits per heavy atom. The maximum atomic E-state index is 5.65. The fourth-order valence-corrected chi connectivity index (χ4v) is 2.00. The first-order valence-corrected chi connectivity index (χ1v) is 6.85. The average molecular weight is 280 g/mol. The second-order valence-corrected chi connectivity index (χ2v) is 4.72. The molecular formula is C16H16N4O. The van der Waals surface area contributed by atoms with Crippen LogP contribution in [0.3, 0.4) is 0 Å². The van der Waals surface area contributed by atoms with Crippen LogP contribution in [0.5, 0.6) is 0 Å². The summed E-state index contributed by atoms with van der Waals surface area (Å²) in [6, 6.07) is 15.7. The highest BCUT2D eigenvalue weighted by atomic mass is 16.4. The summed E-state index contributed by atoms with van der Waals surface area (Å²) in [6.45, 7) is 2.56. The second-order valence-electron chi connectivity index (χ2n) is 4.72. The van der Waals surface area contributed by atoms with Crippen LogP contribution in [0, 0.1) is 0 Å². The first-order chi connectivity index (χ1) is 10.3. The van der Waals surface area contributed by atoms with E-state index >= 15 is 0 Å². The van der Waals surface area contributed by atoms with Crippen molar-refractivity contribution in [1.29, 1.82) is 0 Å². The van der Waals surface area contributed by atoms with Crippen LogP contribution >= 0.6 is 0 Å². The van der Waals surface area contributed by atoms with Gasteiger partial charge in [0.1, 0.15) is 0 Å². The molecule has 0 spiro atoms. The van der Waals surface area contributed by atoms with Crippen LogP contribution in [-0.2, 0) is 6.54 Å². The fraction of sp³-hybridized carbons (Fsp3) is 0.188. The Bertz CT molecular complexity index is 682. The SMILES string of the molecule is C[C@@H](NCc1nnc(-c2ccccc2)o1)c1ccccn1. The topological polar surface area (TPSA) is 63.8 Å². The van der Waals surface area contributed by atoms with Crippen molar-refractivity contribution in [3.8, 4) is 11.5 Å². The molecule has 3 rings (SSSR count). The molecule has 0 aliphatic carbocycles. The zero-order valence-electron chi connectivity index (χ0n) is 11.7. The molecule has 5 heteroatoms. The lowest BCUT2D eigenvalue weighted by atomic mass is 10.2. The first-order valence-electron chi connectivity index (χ1n) is 6.85. The summed E-state index contributed by atoms with van der Waals surface area (Å²) in [4.78, 5) is 4.31. The lowest BCUT2D eigenvalue weighted by Crippen LogP contribution is -2.19. The Morgan fingerprint density at radius 3 is 2.62 bits per heavy atom. The second kappa shape index (κ2) is 6.28. The highest BCUT2D eigenvalue weighted by Crippen LogP contribution is 2.17. The Morgan fingerprint density at radius 2 is 1.86 bits per heavy atom. The van der Waals surface area contributed by atoms with E-state index in [1.807, 2.05) is 48.5 Å². The van der Waals surface area contributed by atoms with E-state index in [0.29, 0.717) is 18.3 Å². The molecule has 0 unspecified atom stereocenters. The number of pyridine rings is 1. The standard InChI is InChI=1S/C16H16N4O/c1-12(14-9-5-6-10-17-14)18-11-15-19-20-16(21-15)13-7-3-2-4-8-13/h2-10,12,18H,11H2,1H3/t12-/m1/s1. The molecule has 0 bridgehead atoms. The van der Waals surface area contributed by atoms with Crippen molar-refractivity contribution < 1.29 is 4.42 Å². The van der Waals surface area contributed by atoms with E-state index in [4.69, 9.17) is 4.42 Å². The minimum atomic E-state index is 0.123. The van der Waals surface area contributed by atoms with Crippen LogP contribution in [0.1, 0.15) is 24.6 Å². The van der Waals surface area contributed by atoms with Gasteiger partial charge in [-0.2, -0.15) is 0 Å². The normalized spacial score (nSPS) is 12.2. The third-order valence-electron chi connectivity index (χ3n) is 3.18. The van der Waals surface area contributed by atoms with Crippen LogP contribution in [0.4, 0.5) is 0 Å². The first kappa shape index (κ1) is 13.5. The highest BCUT2D eigenvalue weighted by molar-refractivity contribution is 5.51. The van der Waals surface area contributed by atoms with Crippen molar-refractivity contribution >= 4 is 0 Å². The van der Waals surface area contributed by atoms with E-state index in [2.05, 4.69) is 27.4 Å². The van der Waals surface area contributed by atoms with Gasteiger partial charge < -0.3 is 9.73 Å². The zero-order valence-corrected chi connectivity index (χ0v) is 11.7. The fourth-order valence-electron chi connectivity index (χ4n) is 2.00. The molecule has 1 N–H and O–H groups in total. The molecule has 0 saturated carbocycles. The Kier molecular flexibility index (Phi) is 4.02. The van der Waals surface area contributed by atoms with Gasteiger partial charge in [0, 0.05) is 17.8 Å². The summed E-state index contributed by atoms with van der Waals surface area (Å²) in [5, 5.41) is 11.4. The molecule has 2 heterocycles. The highest BCUT2D eigenvalue weighted by Gasteiger charge is 2.10. The largest absolute Gasteiger partial charge is 0.419 e. The minimum absolute atomic E-state index is 0.123. The van der Waals surface area contributed by atoms with E-state index in [0.717, 1.165) is 11.3 Å². The molecule has 106 valence electrons. The van der Waals surface area contributed by atoms with Gasteiger partial charge in [-0.25, -0.2) is 0 Å². The molecule has 5 nitrogen and oxygen atoms in total. The Labute approximate surface area is 123 Å². The third kappa shape index (κ3) is 3.32. The molecule has 0 aliphatic heterocycles. The number of aromatic nitrogens is 3. The van der Waals surface area contributed by atoms with Crippen LogP contribution in [0.15, 0.2) is 59.1 Å². The van der Waals surface area contributed by atoms with E-state index in [-0.39, 0.29) is 6.04 Å². The van der Waals surface area contributed by atoms with Crippen molar-refractivity contribution in [2.45, 2.75) is 19.5 Å². The molecule has 21 heavy (non-hydrogen) atoms. The summed E-state index contributed by atoms with van der Waals surface area (Å²) in [5.41, 5.74) is 1.91. The van der Waals surface area contributed by atoms with Gasteiger partial charge >= 0.3 is 0 Å². The monoisotopic (exact) mass is 280 g/mol. The summed E-state index contributed by atoms with van der Waals surface area (Å²) in [6.07, 6.45) is 1.79. The zero-order chi connectivity index (χ0) is 14.5. The van der Waals surface area contributed by atoms with Crippen molar-refractivity contribution in [2.24, 2.45) is 0 Å². The number of nitrogens with zero attached hydrogens (tertiary/aromatic N) is 3. The molecule has 0 aliphatic rings. The maximum Gasteiger partial charge on any atom is 0.247 e. The van der Waals surface area contributed by atoms with Crippen LogP contribution in [0.2, 0.25) is 0 Å². The summed E-state index contributed by atoms with van der Waals surface area (Å²) in [5.74, 6) is 1.11. The summed E-state index contributed by atoms with van der Waals surface area (Å²) < 4.78 is 5.65. The van der Waals surface area contributed by atoms with Gasteiger partial charge in [-0.05, 0) is 31.2 Å². The van der Waals surface area contributed by atoms with Gasteiger partial charge in [-0.15, -0.1) is 10.2 Å². The number of hydrogen-bond acceptors (Lipinski definition) is 5. The lowest BCUT2D eigenvalue weighted by Gasteiger charge is -2.10. The molecule has 2 aromatic heterocycles. The average Bonchev–Trinajstić information content (AvgIpc) is 3.03. The number of benzene rings is 1. The number of nitrogens with one attached hydrogen (secondary N) is 1. The molecule has 1 atom stereocenters. The van der Waals surface area contributed by atoms with E-state index in [1.165, 1.54) is 0 Å². The Hall–Kier alpha value is -2.53. The van der Waals surface area contributed by atoms with E-state index in [1.54, 1.807) is 6.20 Å². The van der Waals surface area contributed by atoms with Gasteiger partial charge in [0.25, 0.3) is 0 Å². The molecule has 0 radical (unpaired) electrons. The van der Waals surface area contributed by atoms with E-state index < -0.39 is 0 Å².